The molecule has 0 amide bonds. The first-order valence-corrected chi connectivity index (χ1v) is 7.20. The number of carbonyl (C=O) groups is 1. The van der Waals surface area contributed by atoms with Gasteiger partial charge in [-0.05, 0) is 30.3 Å². The standard InChI is InChI=1S/C12H9ClO5S/c13-9-1-3-11(4-2-9)19(16,17)7-10-5-8(6-18-10)12(14)15/h1-6H,7H2,(H,14,15). The van der Waals surface area contributed by atoms with E-state index in [0.29, 0.717) is 5.02 Å². The van der Waals surface area contributed by atoms with E-state index in [1.807, 2.05) is 0 Å². The molecule has 7 heteroatoms. The van der Waals surface area contributed by atoms with Crippen LogP contribution in [0.3, 0.4) is 0 Å². The molecule has 0 aliphatic heterocycles. The van der Waals surface area contributed by atoms with E-state index in [0.717, 1.165) is 6.26 Å². The molecule has 1 heterocycles. The second-order valence-electron chi connectivity index (χ2n) is 3.82. The number of carboxylic acid groups (broad SMARTS) is 1. The van der Waals surface area contributed by atoms with Crippen LogP contribution in [-0.2, 0) is 15.6 Å². The zero-order valence-corrected chi connectivity index (χ0v) is 11.1. The molecule has 1 aromatic heterocycles. The van der Waals surface area contributed by atoms with E-state index in [2.05, 4.69) is 0 Å². The molecule has 2 rings (SSSR count). The summed E-state index contributed by atoms with van der Waals surface area (Å²) in [5.41, 5.74) is -0.0821. The monoisotopic (exact) mass is 300 g/mol. The fourth-order valence-electron chi connectivity index (χ4n) is 1.48. The molecule has 100 valence electrons. The van der Waals surface area contributed by atoms with Gasteiger partial charge in [-0.25, -0.2) is 13.2 Å². The Labute approximate surface area is 114 Å². The van der Waals surface area contributed by atoms with Gasteiger partial charge in [0, 0.05) is 5.02 Å². The minimum atomic E-state index is -3.59. The van der Waals surface area contributed by atoms with Crippen molar-refractivity contribution in [3.05, 3.63) is 52.9 Å². The molecule has 0 saturated heterocycles. The molecule has 0 atom stereocenters. The SMILES string of the molecule is O=C(O)c1coc(CS(=O)(=O)c2ccc(Cl)cc2)c1. The minimum Gasteiger partial charge on any atom is -0.478 e. The molecule has 0 saturated carbocycles. The van der Waals surface area contributed by atoms with Crippen LogP contribution in [0.25, 0.3) is 0 Å². The van der Waals surface area contributed by atoms with Crippen LogP contribution >= 0.6 is 11.6 Å². The Kier molecular flexibility index (Phi) is 3.64. The van der Waals surface area contributed by atoms with Crippen LogP contribution in [0, 0.1) is 0 Å². The summed E-state index contributed by atoms with van der Waals surface area (Å²) >= 11 is 5.68. The van der Waals surface area contributed by atoms with E-state index in [1.54, 1.807) is 0 Å². The lowest BCUT2D eigenvalue weighted by atomic mass is 10.3. The van der Waals surface area contributed by atoms with Crippen molar-refractivity contribution in [2.45, 2.75) is 10.6 Å². The Morgan fingerprint density at radius 3 is 2.42 bits per heavy atom. The molecule has 2 aromatic rings. The first kappa shape index (κ1) is 13.6. The molecule has 0 unspecified atom stereocenters. The van der Waals surface area contributed by atoms with E-state index < -0.39 is 21.6 Å². The van der Waals surface area contributed by atoms with Gasteiger partial charge in [-0.3, -0.25) is 0 Å². The highest BCUT2D eigenvalue weighted by atomic mass is 35.5. The van der Waals surface area contributed by atoms with Gasteiger partial charge in [0.25, 0.3) is 0 Å². The maximum atomic E-state index is 12.0. The topological polar surface area (TPSA) is 84.6 Å². The van der Waals surface area contributed by atoms with Crippen molar-refractivity contribution in [2.75, 3.05) is 0 Å². The summed E-state index contributed by atoms with van der Waals surface area (Å²) in [4.78, 5) is 10.8. The molecule has 1 aromatic carbocycles. The van der Waals surface area contributed by atoms with E-state index in [-0.39, 0.29) is 16.2 Å². The lowest BCUT2D eigenvalue weighted by molar-refractivity contribution is 0.0696. The molecule has 19 heavy (non-hydrogen) atoms. The second kappa shape index (κ2) is 5.07. The van der Waals surface area contributed by atoms with Crippen LogP contribution in [-0.4, -0.2) is 19.5 Å². The molecular weight excluding hydrogens is 292 g/mol. The maximum absolute atomic E-state index is 12.0. The Morgan fingerprint density at radius 1 is 1.26 bits per heavy atom. The van der Waals surface area contributed by atoms with Crippen molar-refractivity contribution >= 4 is 27.4 Å². The molecule has 0 aliphatic rings. The highest BCUT2D eigenvalue weighted by molar-refractivity contribution is 7.90. The maximum Gasteiger partial charge on any atom is 0.338 e. The number of furan rings is 1. The lowest BCUT2D eigenvalue weighted by Crippen LogP contribution is -2.04. The van der Waals surface area contributed by atoms with Crippen molar-refractivity contribution in [1.29, 1.82) is 0 Å². The van der Waals surface area contributed by atoms with Crippen molar-refractivity contribution in [2.24, 2.45) is 0 Å². The summed E-state index contributed by atoms with van der Waals surface area (Å²) in [5, 5.41) is 9.16. The minimum absolute atomic E-state index is 0.0763. The zero-order valence-electron chi connectivity index (χ0n) is 9.54. The molecule has 0 bridgehead atoms. The van der Waals surface area contributed by atoms with Gasteiger partial charge in [-0.15, -0.1) is 0 Å². The number of sulfone groups is 1. The predicted molar refractivity (Wildman–Crippen MR) is 68.0 cm³/mol. The number of aromatic carboxylic acids is 1. The Balaban J connectivity index is 2.25. The average molecular weight is 301 g/mol. The van der Waals surface area contributed by atoms with Gasteiger partial charge in [0.2, 0.25) is 0 Å². The molecule has 5 nitrogen and oxygen atoms in total. The van der Waals surface area contributed by atoms with Crippen LogP contribution in [0.2, 0.25) is 5.02 Å². The van der Waals surface area contributed by atoms with Crippen molar-refractivity contribution in [3.63, 3.8) is 0 Å². The van der Waals surface area contributed by atoms with Crippen LogP contribution in [0.1, 0.15) is 16.1 Å². The van der Waals surface area contributed by atoms with Gasteiger partial charge in [0.1, 0.15) is 17.8 Å². The van der Waals surface area contributed by atoms with Crippen LogP contribution in [0.4, 0.5) is 0 Å². The summed E-state index contributed by atoms with van der Waals surface area (Å²) in [6.45, 7) is 0. The van der Waals surface area contributed by atoms with Crippen LogP contribution in [0.5, 0.6) is 0 Å². The predicted octanol–water partition coefficient (Wildman–Crippen LogP) is 2.61. The largest absolute Gasteiger partial charge is 0.478 e. The summed E-state index contributed by atoms with van der Waals surface area (Å²) in [6.07, 6.45) is 1.01. The molecule has 0 aliphatic carbocycles. The van der Waals surface area contributed by atoms with E-state index >= 15 is 0 Å². The third-order valence-corrected chi connectivity index (χ3v) is 4.31. The van der Waals surface area contributed by atoms with Gasteiger partial charge in [0.05, 0.1) is 10.5 Å². The van der Waals surface area contributed by atoms with E-state index in [9.17, 15) is 13.2 Å². The first-order valence-electron chi connectivity index (χ1n) is 5.17. The Morgan fingerprint density at radius 2 is 1.89 bits per heavy atom. The third-order valence-electron chi connectivity index (χ3n) is 2.41. The second-order valence-corrected chi connectivity index (χ2v) is 6.25. The van der Waals surface area contributed by atoms with E-state index in [4.69, 9.17) is 21.1 Å². The summed E-state index contributed by atoms with van der Waals surface area (Å²) in [7, 11) is -3.59. The number of carboxylic acids is 1. The van der Waals surface area contributed by atoms with Gasteiger partial charge >= 0.3 is 5.97 Å². The van der Waals surface area contributed by atoms with Gasteiger partial charge < -0.3 is 9.52 Å². The Hall–Kier alpha value is -1.79. The third kappa shape index (κ3) is 3.15. The van der Waals surface area contributed by atoms with Crippen molar-refractivity contribution in [1.82, 2.24) is 0 Å². The van der Waals surface area contributed by atoms with Crippen molar-refractivity contribution in [3.8, 4) is 0 Å². The highest BCUT2D eigenvalue weighted by Crippen LogP contribution is 2.20. The van der Waals surface area contributed by atoms with Crippen LogP contribution in [0.15, 0.2) is 45.9 Å². The van der Waals surface area contributed by atoms with Gasteiger partial charge in [-0.2, -0.15) is 0 Å². The molecule has 0 radical (unpaired) electrons. The normalized spacial score (nSPS) is 11.4. The lowest BCUT2D eigenvalue weighted by Gasteiger charge is -2.02. The molecule has 0 spiro atoms. The van der Waals surface area contributed by atoms with Crippen molar-refractivity contribution < 1.29 is 22.7 Å². The molecular formula is C12H9ClO5S. The van der Waals surface area contributed by atoms with E-state index in [1.165, 1.54) is 30.3 Å². The zero-order chi connectivity index (χ0) is 14.0. The number of benzene rings is 1. The number of rotatable bonds is 4. The fraction of sp³-hybridized carbons (Fsp3) is 0.0833. The summed E-state index contributed by atoms with van der Waals surface area (Å²) < 4.78 is 29.0. The molecule has 1 N–H and O–H groups in total. The number of hydrogen-bond acceptors (Lipinski definition) is 4. The fourth-order valence-corrected chi connectivity index (χ4v) is 2.85. The van der Waals surface area contributed by atoms with Crippen LogP contribution < -0.4 is 0 Å². The first-order chi connectivity index (χ1) is 8.88. The molecule has 0 fully saturated rings. The smallest absolute Gasteiger partial charge is 0.338 e. The number of halogens is 1. The van der Waals surface area contributed by atoms with Gasteiger partial charge in [-0.1, -0.05) is 11.6 Å². The van der Waals surface area contributed by atoms with Gasteiger partial charge in [0.15, 0.2) is 9.84 Å². The summed E-state index contributed by atoms with van der Waals surface area (Å²) in [6, 6.07) is 6.91. The quantitative estimate of drug-likeness (QED) is 0.938. The summed E-state index contributed by atoms with van der Waals surface area (Å²) in [5.74, 6) is -1.49. The average Bonchev–Trinajstić information content (AvgIpc) is 2.77. The Bertz CT molecular complexity index is 700. The highest BCUT2D eigenvalue weighted by Gasteiger charge is 2.18. The number of hydrogen-bond donors (Lipinski definition) is 1.